The van der Waals surface area contributed by atoms with E-state index in [4.69, 9.17) is 9.47 Å². The van der Waals surface area contributed by atoms with E-state index in [9.17, 15) is 0 Å². The summed E-state index contributed by atoms with van der Waals surface area (Å²) in [5.74, 6) is 0. The third kappa shape index (κ3) is 28.0. The standard InChI is InChI=1S/C31H63O2/c1-4-7-9-11-13-15-17-19-21-23-25-27-29-32-31(6-3)33-30-28-26-24-22-20-18-16-14-12-10-8-5-2/h31H,3-30H2,1-2H3. The summed E-state index contributed by atoms with van der Waals surface area (Å²) in [5.41, 5.74) is 0. The van der Waals surface area contributed by atoms with Gasteiger partial charge in [-0.2, -0.15) is 0 Å². The summed E-state index contributed by atoms with van der Waals surface area (Å²) < 4.78 is 11.8. The van der Waals surface area contributed by atoms with Gasteiger partial charge in [0.15, 0.2) is 6.29 Å². The summed E-state index contributed by atoms with van der Waals surface area (Å²) in [6, 6.07) is 0. The summed E-state index contributed by atoms with van der Waals surface area (Å²) in [6.45, 7) is 10.2. The molecule has 0 aromatic heterocycles. The molecule has 0 saturated heterocycles. The summed E-state index contributed by atoms with van der Waals surface area (Å²) in [7, 11) is 0. The molecule has 33 heavy (non-hydrogen) atoms. The normalized spacial score (nSPS) is 11.6. The molecule has 0 spiro atoms. The Labute approximate surface area is 210 Å². The topological polar surface area (TPSA) is 18.5 Å². The lowest BCUT2D eigenvalue weighted by Gasteiger charge is -2.17. The van der Waals surface area contributed by atoms with Crippen molar-refractivity contribution < 1.29 is 9.47 Å². The Hall–Kier alpha value is -0.0800. The van der Waals surface area contributed by atoms with Crippen LogP contribution in [-0.4, -0.2) is 19.5 Å². The van der Waals surface area contributed by atoms with E-state index in [1.54, 1.807) is 0 Å². The van der Waals surface area contributed by atoms with Crippen LogP contribution in [-0.2, 0) is 9.47 Å². The van der Waals surface area contributed by atoms with Crippen molar-refractivity contribution in [3.63, 3.8) is 0 Å². The molecule has 2 nitrogen and oxygen atoms in total. The molecule has 0 saturated carbocycles. The summed E-state index contributed by atoms with van der Waals surface area (Å²) in [6.07, 6.45) is 33.8. The SMILES string of the molecule is [CH2]CC(OCCCCCCCCCCCCCC)OCCCCCCCCCCCCCC. The first-order valence-electron chi connectivity index (χ1n) is 15.4. The maximum absolute atomic E-state index is 5.91. The minimum absolute atomic E-state index is 0.0922. The maximum atomic E-state index is 5.91. The molecule has 0 aromatic rings. The molecule has 0 aliphatic heterocycles. The van der Waals surface area contributed by atoms with E-state index in [1.807, 2.05) is 0 Å². The molecule has 0 atom stereocenters. The minimum atomic E-state index is -0.0922. The molecular formula is C31H63O2. The molecule has 0 fully saturated rings. The Morgan fingerprint density at radius 2 is 0.636 bits per heavy atom. The van der Waals surface area contributed by atoms with Crippen LogP contribution in [0.15, 0.2) is 0 Å². The number of ether oxygens (including phenoxy) is 2. The van der Waals surface area contributed by atoms with Gasteiger partial charge in [-0.15, -0.1) is 0 Å². The van der Waals surface area contributed by atoms with Gasteiger partial charge in [-0.25, -0.2) is 0 Å². The molecular weight excluding hydrogens is 404 g/mol. The highest BCUT2D eigenvalue weighted by Crippen LogP contribution is 2.14. The van der Waals surface area contributed by atoms with Gasteiger partial charge in [0.2, 0.25) is 0 Å². The lowest BCUT2D eigenvalue weighted by molar-refractivity contribution is -0.141. The van der Waals surface area contributed by atoms with Crippen molar-refractivity contribution in [2.75, 3.05) is 13.2 Å². The van der Waals surface area contributed by atoms with Gasteiger partial charge >= 0.3 is 0 Å². The minimum Gasteiger partial charge on any atom is -0.353 e. The lowest BCUT2D eigenvalue weighted by Crippen LogP contribution is -2.17. The first-order chi connectivity index (χ1) is 16.3. The molecule has 0 aliphatic carbocycles. The number of rotatable bonds is 29. The Morgan fingerprint density at radius 3 is 0.879 bits per heavy atom. The molecule has 0 heterocycles. The van der Waals surface area contributed by atoms with Crippen molar-refractivity contribution in [3.8, 4) is 0 Å². The van der Waals surface area contributed by atoms with Crippen molar-refractivity contribution in [1.29, 1.82) is 0 Å². The lowest BCUT2D eigenvalue weighted by atomic mass is 10.1. The third-order valence-corrected chi connectivity index (χ3v) is 6.84. The van der Waals surface area contributed by atoms with Crippen molar-refractivity contribution in [1.82, 2.24) is 0 Å². The Balaban J connectivity index is 3.26. The molecule has 0 bridgehead atoms. The maximum Gasteiger partial charge on any atom is 0.157 e. The quantitative estimate of drug-likeness (QED) is 0.0804. The second-order valence-corrected chi connectivity index (χ2v) is 10.2. The van der Waals surface area contributed by atoms with Crippen LogP contribution in [0.3, 0.4) is 0 Å². The largest absolute Gasteiger partial charge is 0.353 e. The van der Waals surface area contributed by atoms with E-state index in [0.717, 1.165) is 32.5 Å². The van der Waals surface area contributed by atoms with Gasteiger partial charge in [-0.1, -0.05) is 155 Å². The molecule has 199 valence electrons. The Morgan fingerprint density at radius 1 is 0.394 bits per heavy atom. The molecule has 0 N–H and O–H groups in total. The molecule has 0 rings (SSSR count). The number of hydrogen-bond donors (Lipinski definition) is 0. The van der Waals surface area contributed by atoms with Crippen molar-refractivity contribution in [2.45, 2.75) is 181 Å². The van der Waals surface area contributed by atoms with Gasteiger partial charge in [-0.3, -0.25) is 0 Å². The monoisotopic (exact) mass is 467 g/mol. The zero-order chi connectivity index (χ0) is 24.1. The van der Waals surface area contributed by atoms with Crippen LogP contribution in [0.4, 0.5) is 0 Å². The molecule has 0 aromatic carbocycles. The fraction of sp³-hybridized carbons (Fsp3) is 0.968. The van der Waals surface area contributed by atoms with E-state index in [-0.39, 0.29) is 6.29 Å². The van der Waals surface area contributed by atoms with E-state index < -0.39 is 0 Å². The van der Waals surface area contributed by atoms with Crippen LogP contribution in [0.2, 0.25) is 0 Å². The van der Waals surface area contributed by atoms with Gasteiger partial charge in [0.05, 0.1) is 0 Å². The average Bonchev–Trinajstić information content (AvgIpc) is 2.83. The summed E-state index contributed by atoms with van der Waals surface area (Å²) in [4.78, 5) is 0. The van der Waals surface area contributed by atoms with E-state index in [2.05, 4.69) is 20.8 Å². The van der Waals surface area contributed by atoms with E-state index in [1.165, 1.54) is 141 Å². The van der Waals surface area contributed by atoms with Crippen LogP contribution in [0.1, 0.15) is 174 Å². The predicted octanol–water partition coefficient (Wildman–Crippen LogP) is 11.0. The summed E-state index contributed by atoms with van der Waals surface area (Å²) >= 11 is 0. The van der Waals surface area contributed by atoms with Gasteiger partial charge in [0.1, 0.15) is 0 Å². The first-order valence-corrected chi connectivity index (χ1v) is 15.4. The van der Waals surface area contributed by atoms with Gasteiger partial charge in [0, 0.05) is 13.2 Å². The Bertz CT molecular complexity index is 301. The number of unbranched alkanes of at least 4 members (excludes halogenated alkanes) is 22. The average molecular weight is 468 g/mol. The third-order valence-electron chi connectivity index (χ3n) is 6.84. The molecule has 0 amide bonds. The molecule has 2 heteroatoms. The molecule has 0 unspecified atom stereocenters. The fourth-order valence-electron chi connectivity index (χ4n) is 4.53. The van der Waals surface area contributed by atoms with E-state index in [0.29, 0.717) is 0 Å². The van der Waals surface area contributed by atoms with Crippen molar-refractivity contribution in [3.05, 3.63) is 6.92 Å². The smallest absolute Gasteiger partial charge is 0.157 e. The zero-order valence-electron chi connectivity index (χ0n) is 23.2. The highest BCUT2D eigenvalue weighted by molar-refractivity contribution is 4.52. The Kier molecular flexibility index (Phi) is 29.9. The van der Waals surface area contributed by atoms with Crippen LogP contribution < -0.4 is 0 Å². The highest BCUT2D eigenvalue weighted by atomic mass is 16.7. The fourth-order valence-corrected chi connectivity index (χ4v) is 4.53. The van der Waals surface area contributed by atoms with Crippen LogP contribution in [0, 0.1) is 6.92 Å². The van der Waals surface area contributed by atoms with Crippen LogP contribution in [0.25, 0.3) is 0 Å². The zero-order valence-corrected chi connectivity index (χ0v) is 23.2. The first kappa shape index (κ1) is 32.9. The van der Waals surface area contributed by atoms with E-state index >= 15 is 0 Å². The summed E-state index contributed by atoms with van der Waals surface area (Å²) in [5, 5.41) is 0. The molecule has 0 aliphatic rings. The predicted molar refractivity (Wildman–Crippen MR) is 148 cm³/mol. The number of hydrogen-bond acceptors (Lipinski definition) is 2. The van der Waals surface area contributed by atoms with Gasteiger partial charge in [0.25, 0.3) is 0 Å². The van der Waals surface area contributed by atoms with Crippen molar-refractivity contribution >= 4 is 0 Å². The van der Waals surface area contributed by atoms with Gasteiger partial charge in [-0.05, 0) is 26.2 Å². The van der Waals surface area contributed by atoms with Crippen LogP contribution in [0.5, 0.6) is 0 Å². The van der Waals surface area contributed by atoms with Crippen molar-refractivity contribution in [2.24, 2.45) is 0 Å². The second-order valence-electron chi connectivity index (χ2n) is 10.2. The van der Waals surface area contributed by atoms with Gasteiger partial charge < -0.3 is 9.47 Å². The highest BCUT2D eigenvalue weighted by Gasteiger charge is 2.06. The molecule has 1 radical (unpaired) electrons. The second kappa shape index (κ2) is 30.0. The van der Waals surface area contributed by atoms with Crippen LogP contribution >= 0.6 is 0 Å².